The zero-order valence-electron chi connectivity index (χ0n) is 14.6. The zero-order chi connectivity index (χ0) is 18.8. The summed E-state index contributed by atoms with van der Waals surface area (Å²) in [7, 11) is 3.33. The monoisotopic (exact) mass is 354 g/mol. The molecule has 1 aromatic heterocycles. The first kappa shape index (κ1) is 17.6. The Balaban J connectivity index is 2.34. The Morgan fingerprint density at radius 1 is 1.23 bits per heavy atom. The lowest BCUT2D eigenvalue weighted by atomic mass is 10.2. The molecule has 1 heterocycles. The summed E-state index contributed by atoms with van der Waals surface area (Å²) in [4.78, 5) is 28.2. The van der Waals surface area contributed by atoms with Crippen LogP contribution in [0.15, 0.2) is 47.3 Å². The number of hydrogen-bond donors (Lipinski definition) is 1. The van der Waals surface area contributed by atoms with Crippen LogP contribution < -0.4 is 15.6 Å². The Labute approximate surface area is 149 Å². The Kier molecular flexibility index (Phi) is 4.68. The van der Waals surface area contributed by atoms with Crippen molar-refractivity contribution in [2.75, 3.05) is 14.2 Å². The highest BCUT2D eigenvalue weighted by Gasteiger charge is 2.19. The van der Waals surface area contributed by atoms with E-state index in [9.17, 15) is 14.9 Å². The Hall–Kier alpha value is -3.26. The van der Waals surface area contributed by atoms with Gasteiger partial charge in [-0.1, -0.05) is 0 Å². The molecule has 0 saturated carbocycles. The fourth-order valence-electron chi connectivity index (χ4n) is 2.70. The maximum atomic E-state index is 13.1. The third-order valence-corrected chi connectivity index (χ3v) is 4.24. The van der Waals surface area contributed by atoms with Gasteiger partial charge in [-0.05, 0) is 44.3 Å². The molecule has 134 valence electrons. The van der Waals surface area contributed by atoms with Crippen LogP contribution >= 0.6 is 0 Å². The number of non-ortho nitro benzene ring substituents is 1. The average Bonchev–Trinajstić information content (AvgIpc) is 2.67. The molecule has 0 aliphatic carbocycles. The van der Waals surface area contributed by atoms with Crippen LogP contribution in [0.2, 0.25) is 0 Å². The van der Waals surface area contributed by atoms with Gasteiger partial charge in [0.25, 0.3) is 11.2 Å². The fraction of sp³-hybridized carbons (Fsp3) is 0.222. The molecule has 3 rings (SSSR count). The molecule has 0 bridgehead atoms. The third-order valence-electron chi connectivity index (χ3n) is 4.24. The predicted octanol–water partition coefficient (Wildman–Crippen LogP) is 2.58. The lowest BCUT2D eigenvalue weighted by Crippen LogP contribution is -2.28. The molecule has 8 heteroatoms. The van der Waals surface area contributed by atoms with Crippen molar-refractivity contribution in [3.63, 3.8) is 0 Å². The van der Waals surface area contributed by atoms with E-state index >= 15 is 0 Å². The number of hydrogen-bond acceptors (Lipinski definition) is 6. The lowest BCUT2D eigenvalue weighted by Gasteiger charge is -2.18. The van der Waals surface area contributed by atoms with Gasteiger partial charge in [0.2, 0.25) is 0 Å². The number of methoxy groups -OCH3 is 1. The number of rotatable bonds is 5. The maximum Gasteiger partial charge on any atom is 0.270 e. The van der Waals surface area contributed by atoms with Crippen molar-refractivity contribution in [1.29, 1.82) is 0 Å². The molecule has 0 fully saturated rings. The first-order valence-electron chi connectivity index (χ1n) is 7.99. The van der Waals surface area contributed by atoms with Gasteiger partial charge >= 0.3 is 0 Å². The van der Waals surface area contributed by atoms with Gasteiger partial charge in [-0.15, -0.1) is 0 Å². The minimum atomic E-state index is -0.527. The molecule has 8 nitrogen and oxygen atoms in total. The smallest absolute Gasteiger partial charge is 0.270 e. The van der Waals surface area contributed by atoms with Crippen LogP contribution in [0, 0.1) is 10.1 Å². The van der Waals surface area contributed by atoms with Gasteiger partial charge in [0.15, 0.2) is 0 Å². The number of aromatic nitrogens is 2. The SMILES string of the molecule is CN[C@@H](C)c1nc2ccc([N+](=O)[O-])cc2c(=O)n1-c1ccc(OC)cc1. The van der Waals surface area contributed by atoms with Crippen molar-refractivity contribution in [2.24, 2.45) is 0 Å². The lowest BCUT2D eigenvalue weighted by molar-refractivity contribution is -0.384. The third kappa shape index (κ3) is 3.02. The quantitative estimate of drug-likeness (QED) is 0.558. The minimum Gasteiger partial charge on any atom is -0.497 e. The molecular formula is C18H18N4O4. The highest BCUT2D eigenvalue weighted by Crippen LogP contribution is 2.22. The van der Waals surface area contributed by atoms with Crippen LogP contribution in [-0.2, 0) is 0 Å². The van der Waals surface area contributed by atoms with Gasteiger partial charge in [-0.3, -0.25) is 19.5 Å². The van der Waals surface area contributed by atoms with Crippen molar-refractivity contribution >= 4 is 16.6 Å². The van der Waals surface area contributed by atoms with Crippen molar-refractivity contribution in [1.82, 2.24) is 14.9 Å². The summed E-state index contributed by atoms with van der Waals surface area (Å²) in [5.41, 5.74) is 0.518. The summed E-state index contributed by atoms with van der Waals surface area (Å²) >= 11 is 0. The number of nitro benzene ring substituents is 1. The fourth-order valence-corrected chi connectivity index (χ4v) is 2.70. The maximum absolute atomic E-state index is 13.1. The molecule has 0 aliphatic heterocycles. The van der Waals surface area contributed by atoms with Crippen molar-refractivity contribution in [3.8, 4) is 11.4 Å². The molecular weight excluding hydrogens is 336 g/mol. The van der Waals surface area contributed by atoms with E-state index in [1.54, 1.807) is 38.4 Å². The standard InChI is InChI=1S/C18H18N4O4/c1-11(19-2)17-20-16-9-6-13(22(24)25)10-15(16)18(23)21(17)12-4-7-14(26-3)8-5-12/h4-11,19H,1-3H3/t11-/m0/s1. The van der Waals surface area contributed by atoms with Crippen LogP contribution in [0.5, 0.6) is 5.75 Å². The van der Waals surface area contributed by atoms with E-state index in [1.165, 1.54) is 22.8 Å². The first-order valence-corrected chi connectivity index (χ1v) is 7.99. The Bertz CT molecular complexity index is 1030. The number of nitrogens with one attached hydrogen (secondary N) is 1. The van der Waals surface area contributed by atoms with Gasteiger partial charge < -0.3 is 10.1 Å². The van der Waals surface area contributed by atoms with E-state index in [-0.39, 0.29) is 22.7 Å². The Morgan fingerprint density at radius 3 is 2.50 bits per heavy atom. The van der Waals surface area contributed by atoms with Crippen LogP contribution in [0.4, 0.5) is 5.69 Å². The first-order chi connectivity index (χ1) is 12.5. The van der Waals surface area contributed by atoms with Crippen LogP contribution in [0.3, 0.4) is 0 Å². The van der Waals surface area contributed by atoms with Crippen LogP contribution in [0.1, 0.15) is 18.8 Å². The van der Waals surface area contributed by atoms with Crippen LogP contribution in [0.25, 0.3) is 16.6 Å². The largest absolute Gasteiger partial charge is 0.497 e. The molecule has 1 N–H and O–H groups in total. The van der Waals surface area contributed by atoms with E-state index in [1.807, 2.05) is 6.92 Å². The number of nitro groups is 1. The topological polar surface area (TPSA) is 99.3 Å². The van der Waals surface area contributed by atoms with Gasteiger partial charge in [0.1, 0.15) is 11.6 Å². The van der Waals surface area contributed by atoms with Gasteiger partial charge in [0.05, 0.1) is 34.7 Å². The second kappa shape index (κ2) is 6.93. The second-order valence-corrected chi connectivity index (χ2v) is 5.78. The minimum absolute atomic E-state index is 0.146. The second-order valence-electron chi connectivity index (χ2n) is 5.78. The van der Waals surface area contributed by atoms with E-state index < -0.39 is 4.92 Å². The molecule has 0 unspecified atom stereocenters. The highest BCUT2D eigenvalue weighted by atomic mass is 16.6. The summed E-state index contributed by atoms with van der Waals surface area (Å²) in [5, 5.41) is 14.3. The van der Waals surface area contributed by atoms with Crippen molar-refractivity contribution < 1.29 is 9.66 Å². The molecule has 0 amide bonds. The normalized spacial score (nSPS) is 12.1. The van der Waals surface area contributed by atoms with Gasteiger partial charge in [-0.25, -0.2) is 4.98 Å². The number of nitrogens with zero attached hydrogens (tertiary/aromatic N) is 3. The number of ether oxygens (including phenoxy) is 1. The molecule has 26 heavy (non-hydrogen) atoms. The molecule has 0 aliphatic rings. The summed E-state index contributed by atoms with van der Waals surface area (Å²) in [6, 6.07) is 10.9. The molecule has 0 radical (unpaired) electrons. The van der Waals surface area contributed by atoms with Crippen molar-refractivity contribution in [3.05, 3.63) is 68.8 Å². The number of fused-ring (bicyclic) bond motifs is 1. The van der Waals surface area contributed by atoms with E-state index in [4.69, 9.17) is 4.74 Å². The average molecular weight is 354 g/mol. The van der Waals surface area contributed by atoms with Gasteiger partial charge in [-0.2, -0.15) is 0 Å². The highest BCUT2D eigenvalue weighted by molar-refractivity contribution is 5.80. The van der Waals surface area contributed by atoms with Crippen molar-refractivity contribution in [2.45, 2.75) is 13.0 Å². The molecule has 0 saturated heterocycles. The van der Waals surface area contributed by atoms with E-state index in [0.29, 0.717) is 22.8 Å². The van der Waals surface area contributed by atoms with Gasteiger partial charge in [0, 0.05) is 12.1 Å². The molecule has 0 spiro atoms. The Morgan fingerprint density at radius 2 is 1.92 bits per heavy atom. The summed E-state index contributed by atoms with van der Waals surface area (Å²) < 4.78 is 6.62. The predicted molar refractivity (Wildman–Crippen MR) is 98.0 cm³/mol. The molecule has 3 aromatic rings. The summed E-state index contributed by atoms with van der Waals surface area (Å²) in [5.74, 6) is 1.18. The van der Waals surface area contributed by atoms with E-state index in [2.05, 4.69) is 10.3 Å². The molecule has 1 atom stereocenters. The molecule has 2 aromatic carbocycles. The zero-order valence-corrected chi connectivity index (χ0v) is 14.6. The summed E-state index contributed by atoms with van der Waals surface area (Å²) in [6.45, 7) is 1.89. The van der Waals surface area contributed by atoms with Crippen LogP contribution in [-0.4, -0.2) is 28.6 Å². The van der Waals surface area contributed by atoms with E-state index in [0.717, 1.165) is 0 Å². The number of benzene rings is 2. The summed E-state index contributed by atoms with van der Waals surface area (Å²) in [6.07, 6.45) is 0.